The molecule has 31 heavy (non-hydrogen) atoms. The molecule has 3 heterocycles. The molecule has 3 aromatic heterocycles. The van der Waals surface area contributed by atoms with Crippen LogP contribution < -0.4 is 10.5 Å². The molecule has 0 atom stereocenters. The molecule has 0 spiro atoms. The van der Waals surface area contributed by atoms with E-state index in [2.05, 4.69) is 15.1 Å². The quantitative estimate of drug-likeness (QED) is 0.487. The Hall–Kier alpha value is -4.02. The first-order valence-electron chi connectivity index (χ1n) is 8.82. The van der Waals surface area contributed by atoms with Gasteiger partial charge in [-0.2, -0.15) is 18.3 Å². The Morgan fingerprint density at radius 3 is 2.45 bits per heavy atom. The number of halogens is 4. The van der Waals surface area contributed by atoms with Crippen molar-refractivity contribution in [1.29, 1.82) is 0 Å². The number of nitrogens with zero attached hydrogens (tertiary/aromatic N) is 4. The van der Waals surface area contributed by atoms with Gasteiger partial charge in [-0.15, -0.1) is 0 Å². The third-order valence-electron chi connectivity index (χ3n) is 4.28. The second-order valence-electron chi connectivity index (χ2n) is 6.47. The fraction of sp³-hybridized carbons (Fsp3) is 0.100. The molecule has 11 heteroatoms. The molecule has 0 radical (unpaired) electrons. The van der Waals surface area contributed by atoms with Gasteiger partial charge in [0.15, 0.2) is 5.65 Å². The van der Waals surface area contributed by atoms with Gasteiger partial charge >= 0.3 is 6.18 Å². The molecule has 0 bridgehead atoms. The van der Waals surface area contributed by atoms with Crippen LogP contribution in [0.4, 0.5) is 17.6 Å². The van der Waals surface area contributed by atoms with Crippen molar-refractivity contribution in [2.45, 2.75) is 12.8 Å². The van der Waals surface area contributed by atoms with E-state index < -0.39 is 23.6 Å². The maximum atomic E-state index is 13.3. The molecule has 0 aliphatic rings. The van der Waals surface area contributed by atoms with Crippen molar-refractivity contribution in [3.05, 3.63) is 77.6 Å². The van der Waals surface area contributed by atoms with E-state index >= 15 is 0 Å². The summed E-state index contributed by atoms with van der Waals surface area (Å²) < 4.78 is 58.0. The van der Waals surface area contributed by atoms with Crippen LogP contribution in [0.25, 0.3) is 16.9 Å². The van der Waals surface area contributed by atoms with E-state index in [0.717, 1.165) is 18.3 Å². The van der Waals surface area contributed by atoms with Crippen LogP contribution in [-0.2, 0) is 12.8 Å². The number of ether oxygens (including phenoxy) is 1. The van der Waals surface area contributed by atoms with E-state index in [0.29, 0.717) is 22.6 Å². The van der Waals surface area contributed by atoms with Gasteiger partial charge in [0.1, 0.15) is 35.3 Å². The molecule has 158 valence electrons. The average Bonchev–Trinajstić information content (AvgIpc) is 3.15. The summed E-state index contributed by atoms with van der Waals surface area (Å²) in [5.74, 6) is -1.06. The lowest BCUT2D eigenvalue weighted by Crippen LogP contribution is -2.14. The molecule has 0 unspecified atom stereocenters. The molecule has 2 N–H and O–H groups in total. The van der Waals surface area contributed by atoms with E-state index in [1.165, 1.54) is 40.9 Å². The van der Waals surface area contributed by atoms with Crippen LogP contribution >= 0.6 is 0 Å². The maximum absolute atomic E-state index is 13.3. The van der Waals surface area contributed by atoms with Gasteiger partial charge in [-0.25, -0.2) is 18.9 Å². The van der Waals surface area contributed by atoms with E-state index in [1.807, 2.05) is 0 Å². The van der Waals surface area contributed by atoms with Crippen LogP contribution in [0.15, 0.2) is 54.7 Å². The van der Waals surface area contributed by atoms with E-state index in [-0.39, 0.29) is 18.1 Å². The summed E-state index contributed by atoms with van der Waals surface area (Å²) in [6.07, 6.45) is -3.58. The Bertz CT molecular complexity index is 1250. The molecule has 4 rings (SSSR count). The number of carbonyl (C=O) groups is 1. The summed E-state index contributed by atoms with van der Waals surface area (Å²) in [5.41, 5.74) is 6.01. The predicted molar refractivity (Wildman–Crippen MR) is 100 cm³/mol. The van der Waals surface area contributed by atoms with Gasteiger partial charge in [0.05, 0.1) is 11.9 Å². The van der Waals surface area contributed by atoms with E-state index in [4.69, 9.17) is 10.5 Å². The van der Waals surface area contributed by atoms with Crippen molar-refractivity contribution in [2.24, 2.45) is 5.73 Å². The minimum atomic E-state index is -4.54. The zero-order valence-electron chi connectivity index (χ0n) is 15.6. The minimum absolute atomic E-state index is 0.00821. The van der Waals surface area contributed by atoms with Gasteiger partial charge in [0, 0.05) is 11.6 Å². The third kappa shape index (κ3) is 4.29. The highest BCUT2D eigenvalue weighted by Crippen LogP contribution is 2.28. The first-order chi connectivity index (χ1) is 14.7. The Kier molecular flexibility index (Phi) is 5.01. The van der Waals surface area contributed by atoms with Crippen molar-refractivity contribution in [1.82, 2.24) is 19.6 Å². The number of nitrogens with two attached hydrogens (primary N) is 1. The van der Waals surface area contributed by atoms with Crippen molar-refractivity contribution in [2.75, 3.05) is 0 Å². The molecular weight excluding hydrogens is 418 g/mol. The summed E-state index contributed by atoms with van der Waals surface area (Å²) in [6.45, 7) is -0.0921. The molecule has 0 aliphatic carbocycles. The number of fused-ring (bicyclic) bond motifs is 1. The standard InChI is InChI=1S/C20H13F4N5O2/c21-12-3-1-11(2-4-12)16-8-15(19(25)30)27-18-7-13(28-29(16)18)10-31-14-5-6-17(26-9-14)20(22,23)24/h1-9H,10H2,(H2,25,30). The lowest BCUT2D eigenvalue weighted by Gasteiger charge is -2.07. The van der Waals surface area contributed by atoms with Crippen LogP contribution in [0.3, 0.4) is 0 Å². The van der Waals surface area contributed by atoms with Crippen LogP contribution in [-0.4, -0.2) is 25.5 Å². The van der Waals surface area contributed by atoms with Crippen LogP contribution in [0.5, 0.6) is 5.75 Å². The number of hydrogen-bond acceptors (Lipinski definition) is 5. The first-order valence-corrected chi connectivity index (χ1v) is 8.82. The van der Waals surface area contributed by atoms with E-state index in [9.17, 15) is 22.4 Å². The van der Waals surface area contributed by atoms with Gasteiger partial charge in [-0.1, -0.05) is 0 Å². The van der Waals surface area contributed by atoms with Crippen LogP contribution in [0, 0.1) is 5.82 Å². The Labute approximate surface area is 172 Å². The highest BCUT2D eigenvalue weighted by Gasteiger charge is 2.32. The summed E-state index contributed by atoms with van der Waals surface area (Å²) in [5, 5.41) is 4.37. The molecular formula is C20H13F4N5O2. The predicted octanol–water partition coefficient (Wildman–Crippen LogP) is 3.63. The smallest absolute Gasteiger partial charge is 0.433 e. The lowest BCUT2D eigenvalue weighted by atomic mass is 10.1. The maximum Gasteiger partial charge on any atom is 0.433 e. The zero-order valence-corrected chi connectivity index (χ0v) is 15.6. The minimum Gasteiger partial charge on any atom is -0.486 e. The van der Waals surface area contributed by atoms with Crippen molar-refractivity contribution < 1.29 is 27.1 Å². The number of hydrogen-bond donors (Lipinski definition) is 1. The number of carbonyl (C=O) groups excluding carboxylic acids is 1. The molecule has 0 saturated heterocycles. The Morgan fingerprint density at radius 1 is 1.10 bits per heavy atom. The largest absolute Gasteiger partial charge is 0.486 e. The number of aromatic nitrogens is 4. The van der Waals surface area contributed by atoms with Crippen molar-refractivity contribution in [3.8, 4) is 17.0 Å². The number of amides is 1. The topological polar surface area (TPSA) is 95.4 Å². The molecule has 0 saturated carbocycles. The molecule has 0 fully saturated rings. The molecule has 0 aliphatic heterocycles. The van der Waals surface area contributed by atoms with Gasteiger partial charge in [-0.05, 0) is 42.5 Å². The molecule has 1 amide bonds. The van der Waals surface area contributed by atoms with Crippen molar-refractivity contribution >= 4 is 11.6 Å². The van der Waals surface area contributed by atoms with Crippen LogP contribution in [0.2, 0.25) is 0 Å². The SMILES string of the molecule is NC(=O)c1cc(-c2ccc(F)cc2)n2nc(COc3ccc(C(F)(F)F)nc3)cc2n1. The normalized spacial score (nSPS) is 11.6. The summed E-state index contributed by atoms with van der Waals surface area (Å²) in [4.78, 5) is 19.1. The highest BCUT2D eigenvalue weighted by molar-refractivity contribution is 5.92. The number of alkyl halides is 3. The average molecular weight is 431 g/mol. The summed E-state index contributed by atoms with van der Waals surface area (Å²) in [6, 6.07) is 10.5. The zero-order chi connectivity index (χ0) is 22.2. The fourth-order valence-corrected chi connectivity index (χ4v) is 2.84. The van der Waals surface area contributed by atoms with Crippen molar-refractivity contribution in [3.63, 3.8) is 0 Å². The molecule has 4 aromatic rings. The summed E-state index contributed by atoms with van der Waals surface area (Å²) >= 11 is 0. The first kappa shape index (κ1) is 20.3. The molecule has 1 aromatic carbocycles. The number of pyridine rings is 1. The van der Waals surface area contributed by atoms with Gasteiger partial charge in [0.25, 0.3) is 5.91 Å². The number of primary amides is 1. The summed E-state index contributed by atoms with van der Waals surface area (Å²) in [7, 11) is 0. The fourth-order valence-electron chi connectivity index (χ4n) is 2.84. The van der Waals surface area contributed by atoms with Gasteiger partial charge in [0.2, 0.25) is 0 Å². The number of rotatable bonds is 5. The third-order valence-corrected chi connectivity index (χ3v) is 4.28. The monoisotopic (exact) mass is 431 g/mol. The second-order valence-corrected chi connectivity index (χ2v) is 6.47. The number of benzene rings is 1. The second kappa shape index (κ2) is 7.67. The van der Waals surface area contributed by atoms with E-state index in [1.54, 1.807) is 0 Å². The Balaban J connectivity index is 1.64. The molecule has 7 nitrogen and oxygen atoms in total. The highest BCUT2D eigenvalue weighted by atomic mass is 19.4. The van der Waals surface area contributed by atoms with Gasteiger partial charge < -0.3 is 10.5 Å². The van der Waals surface area contributed by atoms with Gasteiger partial charge in [-0.3, -0.25) is 4.79 Å². The lowest BCUT2D eigenvalue weighted by molar-refractivity contribution is -0.141. The Morgan fingerprint density at radius 2 is 1.84 bits per heavy atom. The van der Waals surface area contributed by atoms with Crippen LogP contribution in [0.1, 0.15) is 21.9 Å².